The molecule has 10 nitrogen and oxygen atoms in total. The van der Waals surface area contributed by atoms with Gasteiger partial charge in [0.15, 0.2) is 11.5 Å². The lowest BCUT2D eigenvalue weighted by molar-refractivity contribution is 0.0684. The predicted octanol–water partition coefficient (Wildman–Crippen LogP) is 3.48. The molecule has 1 unspecified atom stereocenters. The van der Waals surface area contributed by atoms with Gasteiger partial charge in [-0.2, -0.15) is 4.98 Å². The summed E-state index contributed by atoms with van der Waals surface area (Å²) in [6, 6.07) is 0. The molecule has 2 aliphatic heterocycles. The maximum absolute atomic E-state index is 13.4. The largest absolute Gasteiger partial charge is 0.381 e. The molecule has 5 heterocycles. The van der Waals surface area contributed by atoms with Crippen molar-refractivity contribution in [1.29, 1.82) is 0 Å². The van der Waals surface area contributed by atoms with Gasteiger partial charge in [-0.15, -0.1) is 0 Å². The van der Waals surface area contributed by atoms with Gasteiger partial charge in [-0.05, 0) is 46.5 Å². The summed E-state index contributed by atoms with van der Waals surface area (Å²) in [7, 11) is 0. The van der Waals surface area contributed by atoms with Crippen LogP contribution >= 0.6 is 0 Å². The Morgan fingerprint density at radius 1 is 0.939 bits per heavy atom. The summed E-state index contributed by atoms with van der Waals surface area (Å²) in [4.78, 5) is 20.0. The van der Waals surface area contributed by atoms with Gasteiger partial charge >= 0.3 is 0 Å². The van der Waals surface area contributed by atoms with E-state index in [2.05, 4.69) is 15.5 Å². The number of aromatic nitrogens is 4. The minimum Gasteiger partial charge on any atom is -0.381 e. The number of carbonyl (C=O) groups excluding carboxylic acids is 1. The molecule has 0 radical (unpaired) electrons. The van der Waals surface area contributed by atoms with Crippen LogP contribution in [-0.2, 0) is 11.2 Å². The summed E-state index contributed by atoms with van der Waals surface area (Å²) in [5, 5.41) is 12.4. The van der Waals surface area contributed by atoms with E-state index in [0.29, 0.717) is 36.9 Å². The lowest BCUT2D eigenvalue weighted by Crippen LogP contribution is -2.39. The second-order valence-corrected chi connectivity index (χ2v) is 9.01. The average Bonchev–Trinajstić information content (AvgIpc) is 3.56. The van der Waals surface area contributed by atoms with E-state index in [1.54, 1.807) is 0 Å². The van der Waals surface area contributed by atoms with E-state index in [9.17, 15) is 4.79 Å². The molecule has 33 heavy (non-hydrogen) atoms. The smallest absolute Gasteiger partial charge is 0.276 e. The zero-order valence-electron chi connectivity index (χ0n) is 19.3. The Bertz CT molecular complexity index is 1110. The molecular weight excluding hydrogens is 426 g/mol. The van der Waals surface area contributed by atoms with Gasteiger partial charge in [0.25, 0.3) is 5.91 Å². The summed E-state index contributed by atoms with van der Waals surface area (Å²) in [5.74, 6) is 2.89. The molecule has 176 valence electrons. The van der Waals surface area contributed by atoms with Gasteiger partial charge in [-0.3, -0.25) is 4.79 Å². The number of carbonyl (C=O) groups is 1. The van der Waals surface area contributed by atoms with Crippen molar-refractivity contribution in [3.05, 3.63) is 45.8 Å². The summed E-state index contributed by atoms with van der Waals surface area (Å²) in [5.41, 5.74) is 2.89. The van der Waals surface area contributed by atoms with Crippen molar-refractivity contribution in [3.63, 3.8) is 0 Å². The van der Waals surface area contributed by atoms with Crippen LogP contribution in [0.15, 0.2) is 13.6 Å². The van der Waals surface area contributed by atoms with Gasteiger partial charge in [0, 0.05) is 49.8 Å². The highest BCUT2D eigenvalue weighted by Gasteiger charge is 2.33. The number of piperidine rings is 1. The van der Waals surface area contributed by atoms with Crippen molar-refractivity contribution in [1.82, 2.24) is 25.4 Å². The third-order valence-corrected chi connectivity index (χ3v) is 6.82. The van der Waals surface area contributed by atoms with Crippen molar-refractivity contribution >= 4 is 5.91 Å². The van der Waals surface area contributed by atoms with Crippen molar-refractivity contribution in [3.8, 4) is 0 Å². The molecule has 2 aliphatic rings. The Kier molecular flexibility index (Phi) is 6.01. The van der Waals surface area contributed by atoms with E-state index in [-0.39, 0.29) is 17.7 Å². The minimum atomic E-state index is -0.137. The highest BCUT2D eigenvalue weighted by Crippen LogP contribution is 2.31. The number of nitrogens with zero attached hydrogens (tertiary/aromatic N) is 5. The SMILES string of the molecule is Cc1noc(C)c1Cc1c(C(=O)N2CCCC(c3nc(C4CCOCC4)no3)C2)noc1C. The summed E-state index contributed by atoms with van der Waals surface area (Å²) in [6.45, 7) is 8.23. The topological polar surface area (TPSA) is 121 Å². The van der Waals surface area contributed by atoms with E-state index in [0.717, 1.165) is 67.3 Å². The van der Waals surface area contributed by atoms with E-state index >= 15 is 0 Å². The molecule has 1 amide bonds. The second-order valence-electron chi connectivity index (χ2n) is 9.01. The zero-order chi connectivity index (χ0) is 22.9. The maximum Gasteiger partial charge on any atom is 0.276 e. The first-order valence-corrected chi connectivity index (χ1v) is 11.6. The van der Waals surface area contributed by atoms with E-state index in [1.165, 1.54) is 0 Å². The van der Waals surface area contributed by atoms with E-state index < -0.39 is 0 Å². The second kappa shape index (κ2) is 9.09. The fourth-order valence-electron chi connectivity index (χ4n) is 4.75. The molecule has 3 aromatic rings. The van der Waals surface area contributed by atoms with Crippen molar-refractivity contribution < 1.29 is 23.1 Å². The molecule has 0 saturated carbocycles. The average molecular weight is 456 g/mol. The van der Waals surface area contributed by atoms with Gasteiger partial charge in [-0.1, -0.05) is 15.5 Å². The first kappa shape index (κ1) is 21.8. The van der Waals surface area contributed by atoms with Crippen molar-refractivity contribution in [2.75, 3.05) is 26.3 Å². The van der Waals surface area contributed by atoms with Crippen molar-refractivity contribution in [2.24, 2.45) is 0 Å². The quantitative estimate of drug-likeness (QED) is 0.569. The van der Waals surface area contributed by atoms with Crippen LogP contribution in [0.1, 0.15) is 88.1 Å². The number of ether oxygens (including phenoxy) is 1. The van der Waals surface area contributed by atoms with Crippen LogP contribution in [0.2, 0.25) is 0 Å². The molecule has 0 aromatic carbocycles. The first-order chi connectivity index (χ1) is 16.0. The highest BCUT2D eigenvalue weighted by molar-refractivity contribution is 5.94. The summed E-state index contributed by atoms with van der Waals surface area (Å²) >= 11 is 0. The molecule has 2 fully saturated rings. The minimum absolute atomic E-state index is 0.0165. The number of amides is 1. The Morgan fingerprint density at radius 3 is 2.45 bits per heavy atom. The van der Waals surface area contributed by atoms with Gasteiger partial charge in [0.2, 0.25) is 5.89 Å². The van der Waals surface area contributed by atoms with Gasteiger partial charge < -0.3 is 23.2 Å². The number of aryl methyl sites for hydroxylation is 3. The number of rotatable bonds is 5. The monoisotopic (exact) mass is 455 g/mol. The van der Waals surface area contributed by atoms with Crippen molar-refractivity contribution in [2.45, 2.75) is 64.7 Å². The molecular formula is C23H29N5O5. The van der Waals surface area contributed by atoms with Gasteiger partial charge in [0.1, 0.15) is 11.5 Å². The number of likely N-dealkylation sites (tertiary alicyclic amines) is 1. The number of hydrogen-bond acceptors (Lipinski definition) is 9. The van der Waals surface area contributed by atoms with Crippen LogP contribution in [0.5, 0.6) is 0 Å². The summed E-state index contributed by atoms with van der Waals surface area (Å²) in [6.07, 6.45) is 4.08. The standard InChI is InChI=1S/C23H29N5O5/c1-13-18(14(2)31-25-13)11-19-15(3)32-26-20(19)23(29)28-8-4-5-17(12-28)22-24-21(27-33-22)16-6-9-30-10-7-16/h16-17H,4-12H2,1-3H3. The van der Waals surface area contributed by atoms with Crippen LogP contribution < -0.4 is 0 Å². The van der Waals surface area contributed by atoms with Crippen LogP contribution in [0.4, 0.5) is 0 Å². The highest BCUT2D eigenvalue weighted by atomic mass is 16.5. The van der Waals surface area contributed by atoms with Gasteiger partial charge in [-0.25, -0.2) is 0 Å². The lowest BCUT2D eigenvalue weighted by atomic mass is 9.96. The Labute approximate surface area is 191 Å². The third-order valence-electron chi connectivity index (χ3n) is 6.82. The molecule has 10 heteroatoms. The third kappa shape index (κ3) is 4.31. The lowest BCUT2D eigenvalue weighted by Gasteiger charge is -2.30. The fourth-order valence-corrected chi connectivity index (χ4v) is 4.75. The molecule has 0 N–H and O–H groups in total. The molecule has 5 rings (SSSR count). The summed E-state index contributed by atoms with van der Waals surface area (Å²) < 4.78 is 21.8. The molecule has 0 aliphatic carbocycles. The van der Waals surface area contributed by atoms with Gasteiger partial charge in [0.05, 0.1) is 11.6 Å². The van der Waals surface area contributed by atoms with Crippen LogP contribution in [0, 0.1) is 20.8 Å². The molecule has 3 aromatic heterocycles. The Hall–Kier alpha value is -3.01. The van der Waals surface area contributed by atoms with E-state index in [1.807, 2.05) is 25.7 Å². The normalized spacial score (nSPS) is 19.8. The van der Waals surface area contributed by atoms with Crippen LogP contribution in [0.25, 0.3) is 0 Å². The maximum atomic E-state index is 13.4. The molecule has 0 spiro atoms. The fraction of sp³-hybridized carbons (Fsp3) is 0.609. The Balaban J connectivity index is 1.31. The first-order valence-electron chi connectivity index (χ1n) is 11.6. The molecule has 0 bridgehead atoms. The molecule has 2 saturated heterocycles. The van der Waals surface area contributed by atoms with Crippen LogP contribution in [-0.4, -0.2) is 57.6 Å². The number of hydrogen-bond donors (Lipinski definition) is 0. The Morgan fingerprint density at radius 2 is 1.70 bits per heavy atom. The van der Waals surface area contributed by atoms with Crippen LogP contribution in [0.3, 0.4) is 0 Å². The predicted molar refractivity (Wildman–Crippen MR) is 115 cm³/mol. The molecule has 1 atom stereocenters. The van der Waals surface area contributed by atoms with E-state index in [4.69, 9.17) is 23.3 Å². The zero-order valence-corrected chi connectivity index (χ0v) is 19.3.